The number of aromatic carboxylic acids is 1. The standard InChI is InChI=1S/C21H29N5O5S.3ClH/c1-3-4-7-22-20(27)14-25-8-10-26(11-9-25)19-13-17(21(28)29)16-12-15(24-32(2,30)31)5-6-18(16)23-19;;;/h5-6,12-13,24H,3-4,7-11,14H2,1-2H3,(H,22,27)(H,28,29);3*1H. The van der Waals surface area contributed by atoms with E-state index in [4.69, 9.17) is 0 Å². The van der Waals surface area contributed by atoms with Crippen molar-refractivity contribution in [3.8, 4) is 0 Å². The van der Waals surface area contributed by atoms with Crippen LogP contribution >= 0.6 is 37.2 Å². The van der Waals surface area contributed by atoms with Crippen molar-refractivity contribution in [2.75, 3.05) is 55.1 Å². The molecule has 0 spiro atoms. The predicted molar refractivity (Wildman–Crippen MR) is 145 cm³/mol. The lowest BCUT2D eigenvalue weighted by Crippen LogP contribution is -2.49. The average molecular weight is 573 g/mol. The quantitative estimate of drug-likeness (QED) is 0.391. The Hall–Kier alpha value is -2.05. The zero-order chi connectivity index (χ0) is 23.3. The van der Waals surface area contributed by atoms with Crippen LogP contribution in [0.25, 0.3) is 10.9 Å². The molecular formula is C21H32Cl3N5O5S. The lowest BCUT2D eigenvalue weighted by atomic mass is 10.1. The van der Waals surface area contributed by atoms with E-state index in [0.717, 1.165) is 19.1 Å². The van der Waals surface area contributed by atoms with Crippen molar-refractivity contribution in [1.82, 2.24) is 15.2 Å². The molecule has 14 heteroatoms. The first-order chi connectivity index (χ1) is 15.2. The molecule has 2 aromatic rings. The van der Waals surface area contributed by atoms with Crippen LogP contribution in [0.3, 0.4) is 0 Å². The lowest BCUT2D eigenvalue weighted by Gasteiger charge is -2.35. The summed E-state index contributed by atoms with van der Waals surface area (Å²) in [6, 6.07) is 6.16. The minimum absolute atomic E-state index is 0. The van der Waals surface area contributed by atoms with Gasteiger partial charge < -0.3 is 15.3 Å². The molecular weight excluding hydrogens is 541 g/mol. The fourth-order valence-corrected chi connectivity index (χ4v) is 4.18. The SMILES string of the molecule is CCCCNC(=O)CN1CCN(c2cc(C(=O)O)c3cc(NS(C)(=O)=O)ccc3n2)CC1.Cl.Cl.Cl. The molecule has 0 saturated carbocycles. The Morgan fingerprint density at radius 2 is 1.74 bits per heavy atom. The maximum absolute atomic E-state index is 12.0. The van der Waals surface area contributed by atoms with E-state index in [1.807, 2.05) is 4.90 Å². The molecule has 1 aromatic heterocycles. The molecule has 0 atom stereocenters. The van der Waals surface area contributed by atoms with Crippen molar-refractivity contribution in [2.24, 2.45) is 0 Å². The highest BCUT2D eigenvalue weighted by Gasteiger charge is 2.22. The number of pyridine rings is 1. The number of carboxylic acid groups (broad SMARTS) is 1. The molecule has 35 heavy (non-hydrogen) atoms. The second kappa shape index (κ2) is 14.5. The van der Waals surface area contributed by atoms with Gasteiger partial charge in [0, 0.05) is 43.8 Å². The van der Waals surface area contributed by atoms with Crippen molar-refractivity contribution in [2.45, 2.75) is 19.8 Å². The molecule has 1 fully saturated rings. The van der Waals surface area contributed by atoms with E-state index in [-0.39, 0.29) is 54.4 Å². The number of amides is 1. The fraction of sp³-hybridized carbons (Fsp3) is 0.476. The summed E-state index contributed by atoms with van der Waals surface area (Å²) in [4.78, 5) is 32.6. The summed E-state index contributed by atoms with van der Waals surface area (Å²) in [7, 11) is -3.48. The number of fused-ring (bicyclic) bond motifs is 1. The highest BCUT2D eigenvalue weighted by molar-refractivity contribution is 7.92. The Morgan fingerprint density at radius 3 is 2.31 bits per heavy atom. The monoisotopic (exact) mass is 571 g/mol. The number of carbonyl (C=O) groups excluding carboxylic acids is 1. The van der Waals surface area contributed by atoms with Gasteiger partial charge >= 0.3 is 5.97 Å². The van der Waals surface area contributed by atoms with Gasteiger partial charge in [0.2, 0.25) is 15.9 Å². The number of hydrogen-bond donors (Lipinski definition) is 3. The molecule has 1 saturated heterocycles. The highest BCUT2D eigenvalue weighted by atomic mass is 35.5. The Morgan fingerprint density at radius 1 is 1.09 bits per heavy atom. The largest absolute Gasteiger partial charge is 0.478 e. The van der Waals surface area contributed by atoms with E-state index in [2.05, 4.69) is 26.8 Å². The number of nitrogens with one attached hydrogen (secondary N) is 2. The number of sulfonamides is 1. The molecule has 10 nitrogen and oxygen atoms in total. The molecule has 1 aromatic carbocycles. The number of nitrogens with zero attached hydrogens (tertiary/aromatic N) is 3. The van der Waals surface area contributed by atoms with Crippen molar-refractivity contribution in [1.29, 1.82) is 0 Å². The minimum Gasteiger partial charge on any atom is -0.478 e. The van der Waals surface area contributed by atoms with Gasteiger partial charge in [-0.2, -0.15) is 0 Å². The average Bonchev–Trinajstić information content (AvgIpc) is 2.72. The maximum atomic E-state index is 12.0. The molecule has 3 rings (SSSR count). The normalized spacial score (nSPS) is 13.7. The van der Waals surface area contributed by atoms with Gasteiger partial charge in [0.25, 0.3) is 0 Å². The summed E-state index contributed by atoms with van der Waals surface area (Å²) in [5.41, 5.74) is 0.805. The van der Waals surface area contributed by atoms with Crippen LogP contribution < -0.4 is 14.9 Å². The van der Waals surface area contributed by atoms with E-state index in [1.165, 1.54) is 12.1 Å². The molecule has 1 aliphatic heterocycles. The molecule has 0 radical (unpaired) electrons. The van der Waals surface area contributed by atoms with Gasteiger partial charge in [0.15, 0.2) is 0 Å². The molecule has 3 N–H and O–H groups in total. The number of halogens is 3. The lowest BCUT2D eigenvalue weighted by molar-refractivity contribution is -0.122. The van der Waals surface area contributed by atoms with Crippen LogP contribution in [0, 0.1) is 0 Å². The number of hydrogen-bond acceptors (Lipinski definition) is 7. The van der Waals surface area contributed by atoms with Crippen LogP contribution in [0.5, 0.6) is 0 Å². The number of anilines is 2. The summed E-state index contributed by atoms with van der Waals surface area (Å²) < 4.78 is 25.3. The van der Waals surface area contributed by atoms with Crippen molar-refractivity contribution < 1.29 is 23.1 Å². The summed E-state index contributed by atoms with van der Waals surface area (Å²) in [6.07, 6.45) is 3.03. The molecule has 2 heterocycles. The van der Waals surface area contributed by atoms with Crippen molar-refractivity contribution in [3.05, 3.63) is 29.8 Å². The van der Waals surface area contributed by atoms with Crippen LogP contribution in [0.15, 0.2) is 24.3 Å². The Balaban J connectivity index is 0.00000385. The van der Waals surface area contributed by atoms with Gasteiger partial charge in [-0.15, -0.1) is 37.2 Å². The molecule has 1 amide bonds. The first kappa shape index (κ1) is 33.0. The Bertz CT molecular complexity index is 1110. The first-order valence-corrected chi connectivity index (χ1v) is 12.5. The maximum Gasteiger partial charge on any atom is 0.336 e. The van der Waals surface area contributed by atoms with Gasteiger partial charge in [0.1, 0.15) is 5.82 Å². The van der Waals surface area contributed by atoms with E-state index in [1.54, 1.807) is 12.1 Å². The second-order valence-corrected chi connectivity index (χ2v) is 9.65. The van der Waals surface area contributed by atoms with Crippen LogP contribution in [-0.2, 0) is 14.8 Å². The summed E-state index contributed by atoms with van der Waals surface area (Å²) in [5.74, 6) is -0.550. The highest BCUT2D eigenvalue weighted by Crippen LogP contribution is 2.27. The van der Waals surface area contributed by atoms with E-state index in [0.29, 0.717) is 56.0 Å². The van der Waals surface area contributed by atoms with Gasteiger partial charge in [-0.05, 0) is 30.7 Å². The van der Waals surface area contributed by atoms with Crippen molar-refractivity contribution >= 4 is 81.5 Å². The van der Waals surface area contributed by atoms with Crippen LogP contribution in [0.1, 0.15) is 30.1 Å². The molecule has 1 aliphatic rings. The molecule has 0 unspecified atom stereocenters. The van der Waals surface area contributed by atoms with Crippen LogP contribution in [0.4, 0.5) is 11.5 Å². The predicted octanol–water partition coefficient (Wildman–Crippen LogP) is 2.61. The van der Waals surface area contributed by atoms with Crippen LogP contribution in [0.2, 0.25) is 0 Å². The summed E-state index contributed by atoms with van der Waals surface area (Å²) in [5, 5.41) is 13.0. The third kappa shape index (κ3) is 9.49. The number of carbonyl (C=O) groups is 2. The summed E-state index contributed by atoms with van der Waals surface area (Å²) >= 11 is 0. The number of piperazine rings is 1. The number of unbranched alkanes of at least 4 members (excludes halogenated alkanes) is 1. The van der Waals surface area contributed by atoms with E-state index in [9.17, 15) is 23.1 Å². The topological polar surface area (TPSA) is 132 Å². The first-order valence-electron chi connectivity index (χ1n) is 10.6. The Labute approximate surface area is 224 Å². The minimum atomic E-state index is -3.48. The van der Waals surface area contributed by atoms with Gasteiger partial charge in [-0.3, -0.25) is 14.4 Å². The number of benzene rings is 1. The van der Waals surface area contributed by atoms with Crippen molar-refractivity contribution in [3.63, 3.8) is 0 Å². The second-order valence-electron chi connectivity index (χ2n) is 7.91. The number of carboxylic acids is 1. The molecule has 0 bridgehead atoms. The number of rotatable bonds is 9. The van der Waals surface area contributed by atoms with Gasteiger partial charge in [-0.25, -0.2) is 18.2 Å². The zero-order valence-electron chi connectivity index (χ0n) is 19.5. The summed E-state index contributed by atoms with van der Waals surface area (Å²) in [6.45, 7) is 5.68. The fourth-order valence-electron chi connectivity index (χ4n) is 3.63. The van der Waals surface area contributed by atoms with Gasteiger partial charge in [0.05, 0.1) is 23.9 Å². The molecule has 0 aliphatic carbocycles. The van der Waals surface area contributed by atoms with Gasteiger partial charge in [-0.1, -0.05) is 13.3 Å². The zero-order valence-corrected chi connectivity index (χ0v) is 22.8. The van der Waals surface area contributed by atoms with Crippen LogP contribution in [-0.4, -0.2) is 80.8 Å². The third-order valence-corrected chi connectivity index (χ3v) is 5.85. The number of aromatic nitrogens is 1. The smallest absolute Gasteiger partial charge is 0.336 e. The molecule has 198 valence electrons. The third-order valence-electron chi connectivity index (χ3n) is 5.24. The Kier molecular flexibility index (Phi) is 13.6. The van der Waals surface area contributed by atoms with E-state index < -0.39 is 16.0 Å². The van der Waals surface area contributed by atoms with E-state index >= 15 is 0 Å².